The first kappa shape index (κ1) is 15.8. The van der Waals surface area contributed by atoms with E-state index >= 15 is 0 Å². The van der Waals surface area contributed by atoms with Crippen LogP contribution in [0.4, 0.5) is 5.69 Å². The van der Waals surface area contributed by atoms with E-state index in [4.69, 9.17) is 0 Å². The average molecular weight is 283 g/mol. The maximum Gasteiger partial charge on any atom is 0.350 e. The normalized spacial score (nSPS) is 12.2. The van der Waals surface area contributed by atoms with E-state index in [1.54, 1.807) is 13.8 Å². The Morgan fingerprint density at radius 2 is 2.00 bits per heavy atom. The number of carbonyl (C=O) groups is 1. The molecule has 1 aromatic heterocycles. The van der Waals surface area contributed by atoms with Crippen molar-refractivity contribution in [1.29, 1.82) is 0 Å². The first-order valence-corrected chi connectivity index (χ1v) is 6.34. The van der Waals surface area contributed by atoms with Gasteiger partial charge in [0.15, 0.2) is 5.78 Å². The van der Waals surface area contributed by atoms with E-state index < -0.39 is 28.4 Å². The number of carbonyl (C=O) groups excluding carboxylic acids is 1. The summed E-state index contributed by atoms with van der Waals surface area (Å²) in [6, 6.07) is 0. The summed E-state index contributed by atoms with van der Waals surface area (Å²) < 4.78 is 1.68. The van der Waals surface area contributed by atoms with Crippen LogP contribution < -0.4 is 11.2 Å². The summed E-state index contributed by atoms with van der Waals surface area (Å²) in [4.78, 5) is 45.7. The zero-order valence-corrected chi connectivity index (χ0v) is 11.7. The third kappa shape index (κ3) is 3.01. The van der Waals surface area contributed by atoms with Crippen molar-refractivity contribution in [3.8, 4) is 0 Å². The SMILES string of the molecule is CCC(C)C(=O)Cn1c(=O)c([N+](=O)[O-])cn(CC)c1=O. The number of ketones is 1. The van der Waals surface area contributed by atoms with Gasteiger partial charge >= 0.3 is 16.9 Å². The van der Waals surface area contributed by atoms with E-state index in [1.807, 2.05) is 6.92 Å². The van der Waals surface area contributed by atoms with Gasteiger partial charge in [0.2, 0.25) is 0 Å². The predicted octanol–water partition coefficient (Wildman–Crippen LogP) is 0.553. The van der Waals surface area contributed by atoms with Crippen LogP contribution in [0.1, 0.15) is 27.2 Å². The molecule has 0 bridgehead atoms. The van der Waals surface area contributed by atoms with Gasteiger partial charge in [-0.15, -0.1) is 0 Å². The molecule has 1 unspecified atom stereocenters. The number of hydrogen-bond donors (Lipinski definition) is 0. The molecular formula is C12H17N3O5. The smallest absolute Gasteiger partial charge is 0.297 e. The molecule has 0 aliphatic heterocycles. The Morgan fingerprint density at radius 3 is 2.45 bits per heavy atom. The van der Waals surface area contributed by atoms with Crippen LogP contribution >= 0.6 is 0 Å². The summed E-state index contributed by atoms with van der Waals surface area (Å²) in [5, 5.41) is 10.8. The number of rotatable bonds is 6. The number of Topliss-reactive ketones (excluding diaryl/α,β-unsaturated/α-hetero) is 1. The molecule has 110 valence electrons. The van der Waals surface area contributed by atoms with Gasteiger partial charge in [-0.05, 0) is 13.3 Å². The second kappa shape index (κ2) is 6.27. The van der Waals surface area contributed by atoms with Crippen molar-refractivity contribution in [1.82, 2.24) is 9.13 Å². The van der Waals surface area contributed by atoms with Crippen LogP contribution in [0, 0.1) is 16.0 Å². The van der Waals surface area contributed by atoms with Crippen molar-refractivity contribution >= 4 is 11.5 Å². The first-order valence-electron chi connectivity index (χ1n) is 6.34. The van der Waals surface area contributed by atoms with Gasteiger partial charge in [0.05, 0.1) is 17.7 Å². The number of aromatic nitrogens is 2. The van der Waals surface area contributed by atoms with Crippen LogP contribution in [0.15, 0.2) is 15.8 Å². The number of nitro groups is 1. The predicted molar refractivity (Wildman–Crippen MR) is 71.8 cm³/mol. The van der Waals surface area contributed by atoms with Gasteiger partial charge in [-0.3, -0.25) is 24.3 Å². The van der Waals surface area contributed by atoms with Gasteiger partial charge in [-0.25, -0.2) is 9.36 Å². The largest absolute Gasteiger partial charge is 0.350 e. The van der Waals surface area contributed by atoms with Crippen molar-refractivity contribution in [2.24, 2.45) is 5.92 Å². The molecule has 1 heterocycles. The molecule has 0 saturated heterocycles. The van der Waals surface area contributed by atoms with E-state index in [9.17, 15) is 24.5 Å². The summed E-state index contributed by atoms with van der Waals surface area (Å²) in [6.07, 6.45) is 1.49. The number of hydrogen-bond acceptors (Lipinski definition) is 5. The molecule has 0 radical (unpaired) electrons. The molecule has 0 spiro atoms. The molecule has 1 atom stereocenters. The van der Waals surface area contributed by atoms with Gasteiger partial charge in [0.25, 0.3) is 0 Å². The zero-order valence-electron chi connectivity index (χ0n) is 11.7. The van der Waals surface area contributed by atoms with Crippen molar-refractivity contribution in [2.75, 3.05) is 0 Å². The minimum absolute atomic E-state index is 0.178. The molecule has 20 heavy (non-hydrogen) atoms. The molecule has 0 amide bonds. The van der Waals surface area contributed by atoms with E-state index in [0.717, 1.165) is 10.8 Å². The first-order chi connectivity index (χ1) is 9.33. The minimum Gasteiger partial charge on any atom is -0.297 e. The summed E-state index contributed by atoms with van der Waals surface area (Å²) in [6.45, 7) is 4.86. The fraction of sp³-hybridized carbons (Fsp3) is 0.583. The van der Waals surface area contributed by atoms with E-state index in [0.29, 0.717) is 11.0 Å². The molecular weight excluding hydrogens is 266 g/mol. The van der Waals surface area contributed by atoms with Crippen LogP contribution in [0.25, 0.3) is 0 Å². The maximum atomic E-state index is 12.0. The monoisotopic (exact) mass is 283 g/mol. The Hall–Kier alpha value is -2.25. The molecule has 0 N–H and O–H groups in total. The molecule has 1 rings (SSSR count). The van der Waals surface area contributed by atoms with Crippen LogP contribution in [0.2, 0.25) is 0 Å². The maximum absolute atomic E-state index is 12.0. The lowest BCUT2D eigenvalue weighted by atomic mass is 10.0. The van der Waals surface area contributed by atoms with Crippen LogP contribution in [0.3, 0.4) is 0 Å². The fourth-order valence-electron chi connectivity index (χ4n) is 1.67. The topological polar surface area (TPSA) is 104 Å². The van der Waals surface area contributed by atoms with Crippen LogP contribution in [-0.2, 0) is 17.9 Å². The van der Waals surface area contributed by atoms with Gasteiger partial charge in [-0.1, -0.05) is 13.8 Å². The van der Waals surface area contributed by atoms with Crippen LogP contribution in [0.5, 0.6) is 0 Å². The highest BCUT2D eigenvalue weighted by atomic mass is 16.6. The average Bonchev–Trinajstić information content (AvgIpc) is 2.42. The number of aryl methyl sites for hydroxylation is 1. The Labute approximate surface area is 114 Å². The molecule has 0 aliphatic carbocycles. The molecule has 8 nitrogen and oxygen atoms in total. The lowest BCUT2D eigenvalue weighted by Gasteiger charge is -2.10. The van der Waals surface area contributed by atoms with Gasteiger partial charge in [0, 0.05) is 12.5 Å². The van der Waals surface area contributed by atoms with Crippen LogP contribution in [-0.4, -0.2) is 19.8 Å². The summed E-state index contributed by atoms with van der Waals surface area (Å²) in [7, 11) is 0. The Balaban J connectivity index is 3.42. The zero-order chi connectivity index (χ0) is 15.4. The summed E-state index contributed by atoms with van der Waals surface area (Å²) in [5.41, 5.74) is -2.45. The van der Waals surface area contributed by atoms with Crippen molar-refractivity contribution in [2.45, 2.75) is 40.3 Å². The van der Waals surface area contributed by atoms with Crippen molar-refractivity contribution in [3.05, 3.63) is 37.1 Å². The van der Waals surface area contributed by atoms with Crippen molar-refractivity contribution in [3.63, 3.8) is 0 Å². The Morgan fingerprint density at radius 1 is 1.40 bits per heavy atom. The van der Waals surface area contributed by atoms with Crippen molar-refractivity contribution < 1.29 is 9.72 Å². The summed E-state index contributed by atoms with van der Waals surface area (Å²) >= 11 is 0. The summed E-state index contributed by atoms with van der Waals surface area (Å²) in [5.74, 6) is -0.606. The quantitative estimate of drug-likeness (QED) is 0.560. The van der Waals surface area contributed by atoms with E-state index in [1.165, 1.54) is 0 Å². The minimum atomic E-state index is -1.04. The lowest BCUT2D eigenvalue weighted by molar-refractivity contribution is -0.387. The highest BCUT2D eigenvalue weighted by molar-refractivity contribution is 5.80. The van der Waals surface area contributed by atoms with Gasteiger partial charge < -0.3 is 0 Å². The Kier molecular flexibility index (Phi) is 4.95. The highest BCUT2D eigenvalue weighted by Crippen LogP contribution is 2.04. The third-order valence-electron chi connectivity index (χ3n) is 3.23. The Bertz CT molecular complexity index is 643. The third-order valence-corrected chi connectivity index (χ3v) is 3.23. The molecule has 0 aromatic carbocycles. The van der Waals surface area contributed by atoms with E-state index in [-0.39, 0.29) is 18.2 Å². The van der Waals surface area contributed by atoms with Gasteiger partial charge in [0.1, 0.15) is 0 Å². The molecule has 0 saturated carbocycles. The molecule has 1 aromatic rings. The van der Waals surface area contributed by atoms with E-state index in [2.05, 4.69) is 0 Å². The standard InChI is InChI=1S/C12H17N3O5/c1-4-8(3)10(16)7-14-11(17)9(15(19)20)6-13(5-2)12(14)18/h6,8H,4-5,7H2,1-3H3. The number of nitrogens with zero attached hydrogens (tertiary/aromatic N) is 3. The molecule has 0 aliphatic rings. The lowest BCUT2D eigenvalue weighted by Crippen LogP contribution is -2.42. The van der Waals surface area contributed by atoms with Gasteiger partial charge in [-0.2, -0.15) is 0 Å². The fourth-order valence-corrected chi connectivity index (χ4v) is 1.67. The second-order valence-electron chi connectivity index (χ2n) is 4.51. The molecule has 8 heteroatoms. The molecule has 0 fully saturated rings. The second-order valence-corrected chi connectivity index (χ2v) is 4.51. The highest BCUT2D eigenvalue weighted by Gasteiger charge is 2.22.